The molecular weight excluding hydrogens is 483 g/mol. The summed E-state index contributed by atoms with van der Waals surface area (Å²) < 4.78 is 46.0. The van der Waals surface area contributed by atoms with E-state index in [0.29, 0.717) is 22.3 Å². The van der Waals surface area contributed by atoms with Crippen molar-refractivity contribution in [1.82, 2.24) is 10.2 Å². The number of hydrogen-bond donors (Lipinski definition) is 1. The van der Waals surface area contributed by atoms with Crippen molar-refractivity contribution < 1.29 is 27.5 Å². The van der Waals surface area contributed by atoms with E-state index in [1.54, 1.807) is 18.2 Å². The van der Waals surface area contributed by atoms with E-state index < -0.39 is 44.3 Å². The van der Waals surface area contributed by atoms with Crippen LogP contribution in [0.25, 0.3) is 0 Å². The van der Waals surface area contributed by atoms with E-state index in [0.717, 1.165) is 10.9 Å². The zero-order chi connectivity index (χ0) is 22.5. The fourth-order valence-electron chi connectivity index (χ4n) is 3.66. The average Bonchev–Trinajstić information content (AvgIpc) is 3.10. The average molecular weight is 508 g/mol. The number of nitrogens with zero attached hydrogens (tertiary/aromatic N) is 2. The Hall–Kier alpha value is -1.59. The van der Waals surface area contributed by atoms with E-state index in [9.17, 15) is 22.8 Å². The predicted molar refractivity (Wildman–Crippen MR) is 113 cm³/mol. The molecule has 0 aliphatic carbocycles. The Morgan fingerprint density at radius 2 is 1.97 bits per heavy atom. The number of rotatable bonds is 6. The number of fused-ring (bicyclic) bond motifs is 1. The molecule has 1 fully saturated rings. The van der Waals surface area contributed by atoms with Gasteiger partial charge in [-0.15, -0.1) is 0 Å². The number of halogens is 4. The smallest absolute Gasteiger partial charge is 0.361 e. The van der Waals surface area contributed by atoms with Gasteiger partial charge in [-0.2, -0.15) is 13.2 Å². The summed E-state index contributed by atoms with van der Waals surface area (Å²) in [6, 6.07) is 3.07. The van der Waals surface area contributed by atoms with Gasteiger partial charge in [0.1, 0.15) is 18.3 Å². The predicted octanol–water partition coefficient (Wildman–Crippen LogP) is 4.28. The summed E-state index contributed by atoms with van der Waals surface area (Å²) in [6.45, 7) is 7.95. The fraction of sp³-hybridized carbons (Fsp3) is 0.579. The first-order chi connectivity index (χ1) is 13.7. The molecule has 166 valence electrons. The van der Waals surface area contributed by atoms with Gasteiger partial charge in [0.15, 0.2) is 0 Å². The molecule has 1 saturated heterocycles. The lowest BCUT2D eigenvalue weighted by Crippen LogP contribution is -2.52. The van der Waals surface area contributed by atoms with Crippen LogP contribution in [0.15, 0.2) is 22.7 Å². The van der Waals surface area contributed by atoms with Crippen LogP contribution in [0.1, 0.15) is 12.5 Å². The van der Waals surface area contributed by atoms with Crippen molar-refractivity contribution in [2.45, 2.75) is 50.4 Å². The fourth-order valence-corrected chi connectivity index (χ4v) is 4.77. The molecule has 1 aromatic carbocycles. The first-order valence-electron chi connectivity index (χ1n) is 9.60. The monoisotopic (exact) mass is 507 g/mol. The normalized spacial score (nSPS) is 24.5. The minimum Gasteiger partial charge on any atom is -0.361 e. The van der Waals surface area contributed by atoms with Crippen molar-refractivity contribution >= 4 is 41.6 Å². The van der Waals surface area contributed by atoms with Gasteiger partial charge in [0.05, 0.1) is 12.2 Å². The van der Waals surface area contributed by atoms with Crippen LogP contribution >= 0.6 is 15.9 Å². The second-order valence-electron chi connectivity index (χ2n) is 8.97. The van der Waals surface area contributed by atoms with Gasteiger partial charge in [-0.3, -0.25) is 9.69 Å². The van der Waals surface area contributed by atoms with Crippen LogP contribution in [0.2, 0.25) is 25.7 Å². The highest BCUT2D eigenvalue weighted by molar-refractivity contribution is 9.10. The summed E-state index contributed by atoms with van der Waals surface area (Å²) in [7, 11) is -1.32. The van der Waals surface area contributed by atoms with Crippen molar-refractivity contribution in [2.75, 3.05) is 24.8 Å². The molecule has 0 aromatic heterocycles. The van der Waals surface area contributed by atoms with Crippen molar-refractivity contribution in [3.05, 3.63) is 28.2 Å². The van der Waals surface area contributed by atoms with Gasteiger partial charge in [0, 0.05) is 24.7 Å². The summed E-state index contributed by atoms with van der Waals surface area (Å²) in [5.41, 5.74) is -0.557. The molecule has 3 rings (SSSR count). The highest BCUT2D eigenvalue weighted by atomic mass is 79.9. The lowest BCUT2D eigenvalue weighted by molar-refractivity contribution is -0.152. The number of anilines is 1. The van der Waals surface area contributed by atoms with Gasteiger partial charge in [-0.1, -0.05) is 41.6 Å². The largest absolute Gasteiger partial charge is 0.410 e. The molecule has 2 heterocycles. The molecular formula is C19H25BrF3N3O3Si. The minimum atomic E-state index is -4.59. The first kappa shape index (κ1) is 23.1. The van der Waals surface area contributed by atoms with Crippen LogP contribution in [0, 0.1) is 0 Å². The van der Waals surface area contributed by atoms with Crippen LogP contribution in [0.4, 0.5) is 23.7 Å². The molecule has 0 bridgehead atoms. The molecule has 2 atom stereocenters. The molecule has 1 aromatic rings. The molecule has 1 N–H and O–H groups in total. The van der Waals surface area contributed by atoms with E-state index >= 15 is 0 Å². The number of urea groups is 1. The summed E-state index contributed by atoms with van der Waals surface area (Å²) in [5, 5.41) is 1.95. The number of benzene rings is 1. The van der Waals surface area contributed by atoms with E-state index in [4.69, 9.17) is 4.74 Å². The Bertz CT molecular complexity index is 862. The Morgan fingerprint density at radius 3 is 2.53 bits per heavy atom. The van der Waals surface area contributed by atoms with Crippen LogP contribution < -0.4 is 10.2 Å². The molecule has 0 radical (unpaired) electrons. The number of carbonyl (C=O) groups is 2. The number of amides is 3. The number of hydrogen-bond acceptors (Lipinski definition) is 3. The lowest BCUT2D eigenvalue weighted by atomic mass is 9.91. The van der Waals surface area contributed by atoms with Gasteiger partial charge in [0.2, 0.25) is 0 Å². The van der Waals surface area contributed by atoms with Crippen LogP contribution in [-0.2, 0) is 15.1 Å². The van der Waals surface area contributed by atoms with Gasteiger partial charge in [-0.25, -0.2) is 4.79 Å². The van der Waals surface area contributed by atoms with Gasteiger partial charge in [0.25, 0.3) is 5.91 Å². The van der Waals surface area contributed by atoms with Crippen LogP contribution in [-0.4, -0.2) is 57.0 Å². The highest BCUT2D eigenvalue weighted by Gasteiger charge is 2.58. The molecule has 11 heteroatoms. The first-order valence-corrected chi connectivity index (χ1v) is 14.1. The molecule has 6 nitrogen and oxygen atoms in total. The second-order valence-corrected chi connectivity index (χ2v) is 15.5. The van der Waals surface area contributed by atoms with Crippen molar-refractivity contribution in [3.63, 3.8) is 0 Å². The molecule has 0 spiro atoms. The Balaban J connectivity index is 1.89. The van der Waals surface area contributed by atoms with Crippen molar-refractivity contribution in [3.8, 4) is 0 Å². The zero-order valence-corrected chi connectivity index (χ0v) is 19.9. The van der Waals surface area contributed by atoms with Gasteiger partial charge < -0.3 is 15.0 Å². The van der Waals surface area contributed by atoms with E-state index in [2.05, 4.69) is 35.6 Å². The SMILES string of the molecule is C[C@@]1(N2C[C@@H](C(F)(F)F)NC2=O)C(=O)N(COCC[Si](C)(C)C)c2cc(Br)ccc21. The third-order valence-electron chi connectivity index (χ3n) is 5.50. The number of carbonyl (C=O) groups excluding carboxylic acids is 2. The van der Waals surface area contributed by atoms with Crippen LogP contribution in [0.5, 0.6) is 0 Å². The van der Waals surface area contributed by atoms with Gasteiger partial charge >= 0.3 is 12.2 Å². The maximum absolute atomic E-state index is 13.4. The summed E-state index contributed by atoms with van der Waals surface area (Å²) in [6.07, 6.45) is -4.59. The van der Waals surface area contributed by atoms with Crippen LogP contribution in [0.3, 0.4) is 0 Å². The standard InChI is InChI=1S/C19H25BrF3N3O3Si/c1-18(26-10-15(19(21,22)23)24-17(26)28)13-6-5-12(20)9-14(13)25(16(18)27)11-29-7-8-30(2,3)4/h5-6,9,15H,7-8,10-11H2,1-4H3,(H,24,28)/t15-,18-/m0/s1. The quantitative estimate of drug-likeness (QED) is 0.461. The molecule has 2 aliphatic rings. The Morgan fingerprint density at radius 1 is 1.30 bits per heavy atom. The summed E-state index contributed by atoms with van der Waals surface area (Å²) in [4.78, 5) is 28.2. The van der Waals surface area contributed by atoms with Crippen molar-refractivity contribution in [2.24, 2.45) is 0 Å². The van der Waals surface area contributed by atoms with E-state index in [1.165, 1.54) is 11.8 Å². The Labute approximate surface area is 182 Å². The zero-order valence-electron chi connectivity index (χ0n) is 17.3. The molecule has 30 heavy (non-hydrogen) atoms. The molecule has 0 saturated carbocycles. The van der Waals surface area contributed by atoms with Crippen molar-refractivity contribution in [1.29, 1.82) is 0 Å². The summed E-state index contributed by atoms with van der Waals surface area (Å²) in [5.74, 6) is -0.485. The minimum absolute atomic E-state index is 0.0273. The molecule has 2 aliphatic heterocycles. The number of alkyl halides is 3. The Kier molecular flexibility index (Phi) is 6.02. The lowest BCUT2D eigenvalue weighted by Gasteiger charge is -2.33. The number of ether oxygens (including phenoxy) is 1. The molecule has 3 amide bonds. The van der Waals surface area contributed by atoms with Gasteiger partial charge in [-0.05, 0) is 25.1 Å². The third kappa shape index (κ3) is 4.24. The van der Waals surface area contributed by atoms with E-state index in [1.807, 2.05) is 5.32 Å². The number of nitrogens with one attached hydrogen (secondary N) is 1. The highest BCUT2D eigenvalue weighted by Crippen LogP contribution is 2.46. The maximum atomic E-state index is 13.4. The second kappa shape index (κ2) is 7.83. The van der Waals surface area contributed by atoms with E-state index in [-0.39, 0.29) is 6.73 Å². The topological polar surface area (TPSA) is 61.9 Å². The molecule has 0 unspecified atom stereocenters. The summed E-state index contributed by atoms with van der Waals surface area (Å²) >= 11 is 3.37. The maximum Gasteiger partial charge on any atom is 0.410 e. The third-order valence-corrected chi connectivity index (χ3v) is 7.69.